The maximum absolute atomic E-state index is 12.4. The molecule has 0 amide bonds. The van der Waals surface area contributed by atoms with Gasteiger partial charge in [-0.2, -0.15) is 0 Å². The highest BCUT2D eigenvalue weighted by Gasteiger charge is 2.20. The number of aromatic nitrogens is 1. The van der Waals surface area contributed by atoms with Crippen molar-refractivity contribution in [1.82, 2.24) is 9.71 Å². The van der Waals surface area contributed by atoms with Crippen LogP contribution in [0.5, 0.6) is 0 Å². The van der Waals surface area contributed by atoms with Crippen LogP contribution in [0, 0.1) is 0 Å². The molecule has 8 heteroatoms. The molecule has 0 atom stereocenters. The summed E-state index contributed by atoms with van der Waals surface area (Å²) >= 11 is 6.37. The van der Waals surface area contributed by atoms with Gasteiger partial charge in [0.15, 0.2) is 0 Å². The number of thiocarbonyl (C=S) groups is 1. The molecule has 2 rings (SSSR count). The number of nitrogens with two attached hydrogens (primary N) is 1. The highest BCUT2D eigenvalue weighted by atomic mass is 32.2. The first kappa shape index (κ1) is 16.0. The summed E-state index contributed by atoms with van der Waals surface area (Å²) in [7, 11) is -3.71. The van der Waals surface area contributed by atoms with Crippen molar-refractivity contribution in [2.75, 3.05) is 0 Å². The quantitative estimate of drug-likeness (QED) is 0.783. The molecule has 0 unspecified atom stereocenters. The molecule has 0 fully saturated rings. The Morgan fingerprint density at radius 1 is 1.48 bits per heavy atom. The van der Waals surface area contributed by atoms with E-state index in [1.165, 1.54) is 23.6 Å². The van der Waals surface area contributed by atoms with Crippen LogP contribution >= 0.6 is 23.6 Å². The highest BCUT2D eigenvalue weighted by Crippen LogP contribution is 2.19. The minimum Gasteiger partial charge on any atom is -0.388 e. The molecule has 0 saturated carbocycles. The second-order valence-corrected chi connectivity index (χ2v) is 7.44. The van der Waals surface area contributed by atoms with Gasteiger partial charge in [0.1, 0.15) is 15.6 Å². The molecular formula is C13H15N3O2S3. The molecule has 2 heterocycles. The van der Waals surface area contributed by atoms with Crippen molar-refractivity contribution in [2.45, 2.75) is 24.8 Å². The van der Waals surface area contributed by atoms with Gasteiger partial charge in [0, 0.05) is 17.6 Å². The summed E-state index contributed by atoms with van der Waals surface area (Å²) in [6.07, 6.45) is 2.33. The number of nitrogens with one attached hydrogen (secondary N) is 1. The molecule has 0 spiro atoms. The average molecular weight is 341 g/mol. The molecule has 0 radical (unpaired) electrons. The van der Waals surface area contributed by atoms with Gasteiger partial charge in [-0.1, -0.05) is 19.1 Å². The third kappa shape index (κ3) is 3.65. The Kier molecular flexibility index (Phi) is 5.04. The van der Waals surface area contributed by atoms with E-state index in [1.54, 1.807) is 6.07 Å². The van der Waals surface area contributed by atoms with E-state index in [2.05, 4.69) is 9.71 Å². The van der Waals surface area contributed by atoms with Gasteiger partial charge in [-0.15, -0.1) is 11.3 Å². The Morgan fingerprint density at radius 2 is 2.24 bits per heavy atom. The van der Waals surface area contributed by atoms with Gasteiger partial charge in [-0.05, 0) is 35.6 Å². The first-order chi connectivity index (χ1) is 9.95. The molecular weight excluding hydrogens is 326 g/mol. The van der Waals surface area contributed by atoms with Gasteiger partial charge in [0.2, 0.25) is 10.0 Å². The summed E-state index contributed by atoms with van der Waals surface area (Å²) in [5.41, 5.74) is 6.78. The van der Waals surface area contributed by atoms with Crippen LogP contribution in [-0.4, -0.2) is 18.4 Å². The SMILES string of the molecule is CCc1ccsc1CNS(=O)(=O)c1cccnc1C(N)=S. The number of rotatable bonds is 6. The molecule has 3 N–H and O–H groups in total. The van der Waals surface area contributed by atoms with E-state index in [9.17, 15) is 8.42 Å². The van der Waals surface area contributed by atoms with E-state index in [-0.39, 0.29) is 22.1 Å². The van der Waals surface area contributed by atoms with Crippen LogP contribution in [0.4, 0.5) is 0 Å². The third-order valence-electron chi connectivity index (χ3n) is 2.93. The molecule has 21 heavy (non-hydrogen) atoms. The van der Waals surface area contributed by atoms with E-state index >= 15 is 0 Å². The summed E-state index contributed by atoms with van der Waals surface area (Å²) in [5.74, 6) is 0. The van der Waals surface area contributed by atoms with Crippen LogP contribution in [-0.2, 0) is 23.0 Å². The Morgan fingerprint density at radius 3 is 2.90 bits per heavy atom. The number of pyridine rings is 1. The van der Waals surface area contributed by atoms with Crippen molar-refractivity contribution in [1.29, 1.82) is 0 Å². The summed E-state index contributed by atoms with van der Waals surface area (Å²) in [6, 6.07) is 4.98. The Balaban J connectivity index is 2.25. The topological polar surface area (TPSA) is 85.1 Å². The van der Waals surface area contributed by atoms with Crippen LogP contribution in [0.2, 0.25) is 0 Å². The van der Waals surface area contributed by atoms with Gasteiger partial charge in [0.05, 0.1) is 0 Å². The van der Waals surface area contributed by atoms with Crippen molar-refractivity contribution in [2.24, 2.45) is 5.73 Å². The number of aryl methyl sites for hydroxylation is 1. The van der Waals surface area contributed by atoms with Gasteiger partial charge < -0.3 is 5.73 Å². The van der Waals surface area contributed by atoms with Crippen LogP contribution in [0.25, 0.3) is 0 Å². The largest absolute Gasteiger partial charge is 0.388 e. The lowest BCUT2D eigenvalue weighted by Crippen LogP contribution is -2.27. The Labute approximate surface area is 133 Å². The summed E-state index contributed by atoms with van der Waals surface area (Å²) in [6.45, 7) is 2.28. The van der Waals surface area contributed by atoms with Gasteiger partial charge in [-0.3, -0.25) is 4.98 Å². The zero-order valence-corrected chi connectivity index (χ0v) is 13.8. The van der Waals surface area contributed by atoms with Crippen LogP contribution in [0.15, 0.2) is 34.7 Å². The van der Waals surface area contributed by atoms with E-state index in [0.717, 1.165) is 16.9 Å². The number of nitrogens with zero attached hydrogens (tertiary/aromatic N) is 1. The fraction of sp³-hybridized carbons (Fsp3) is 0.231. The predicted molar refractivity (Wildman–Crippen MR) is 87.8 cm³/mol. The number of hydrogen-bond acceptors (Lipinski definition) is 5. The van der Waals surface area contributed by atoms with Gasteiger partial charge in [-0.25, -0.2) is 13.1 Å². The molecule has 2 aromatic heterocycles. The monoisotopic (exact) mass is 341 g/mol. The molecule has 0 saturated heterocycles. The Hall–Kier alpha value is -1.35. The lowest BCUT2D eigenvalue weighted by atomic mass is 10.2. The number of thiophene rings is 1. The molecule has 0 aromatic carbocycles. The standard InChI is InChI=1S/C13H15N3O2S3/c1-2-9-5-7-20-10(9)8-16-21(17,18)11-4-3-6-15-12(11)13(14)19/h3-7,16H,2,8H2,1H3,(H2,14,19). The summed E-state index contributed by atoms with van der Waals surface area (Å²) < 4.78 is 27.4. The smallest absolute Gasteiger partial charge is 0.243 e. The minimum atomic E-state index is -3.71. The number of hydrogen-bond donors (Lipinski definition) is 2. The Bertz CT molecular complexity index is 754. The third-order valence-corrected chi connectivity index (χ3v) is 5.52. The van der Waals surface area contributed by atoms with Crippen molar-refractivity contribution >= 4 is 38.6 Å². The van der Waals surface area contributed by atoms with Crippen molar-refractivity contribution < 1.29 is 8.42 Å². The maximum atomic E-state index is 12.4. The molecule has 112 valence electrons. The second-order valence-electron chi connectivity index (χ2n) is 4.26. The first-order valence-corrected chi connectivity index (χ1v) is 9.02. The van der Waals surface area contributed by atoms with Crippen LogP contribution in [0.1, 0.15) is 23.1 Å². The normalized spacial score (nSPS) is 11.5. The molecule has 5 nitrogen and oxygen atoms in total. The minimum absolute atomic E-state index is 0.00658. The van der Waals surface area contributed by atoms with Gasteiger partial charge >= 0.3 is 0 Å². The zero-order chi connectivity index (χ0) is 15.5. The molecule has 0 aliphatic carbocycles. The van der Waals surface area contributed by atoms with E-state index in [1.807, 2.05) is 18.4 Å². The lowest BCUT2D eigenvalue weighted by molar-refractivity contribution is 0.581. The second kappa shape index (κ2) is 6.61. The van der Waals surface area contributed by atoms with Crippen LogP contribution < -0.4 is 10.5 Å². The number of sulfonamides is 1. The summed E-state index contributed by atoms with van der Waals surface area (Å²) in [5, 5.41) is 1.95. The fourth-order valence-electron chi connectivity index (χ4n) is 1.87. The lowest BCUT2D eigenvalue weighted by Gasteiger charge is -2.10. The van der Waals surface area contributed by atoms with E-state index in [4.69, 9.17) is 18.0 Å². The van der Waals surface area contributed by atoms with Crippen molar-refractivity contribution in [3.05, 3.63) is 45.9 Å². The maximum Gasteiger partial charge on any atom is 0.243 e. The zero-order valence-electron chi connectivity index (χ0n) is 11.4. The highest BCUT2D eigenvalue weighted by molar-refractivity contribution is 7.89. The summed E-state index contributed by atoms with van der Waals surface area (Å²) in [4.78, 5) is 4.91. The average Bonchev–Trinajstić information content (AvgIpc) is 2.92. The fourth-order valence-corrected chi connectivity index (χ4v) is 4.27. The van der Waals surface area contributed by atoms with Crippen LogP contribution in [0.3, 0.4) is 0 Å². The molecule has 0 bridgehead atoms. The molecule has 2 aromatic rings. The molecule has 0 aliphatic heterocycles. The first-order valence-electron chi connectivity index (χ1n) is 6.25. The van der Waals surface area contributed by atoms with Crippen molar-refractivity contribution in [3.8, 4) is 0 Å². The molecule has 0 aliphatic rings. The van der Waals surface area contributed by atoms with Gasteiger partial charge in [0.25, 0.3) is 0 Å². The van der Waals surface area contributed by atoms with E-state index < -0.39 is 10.0 Å². The predicted octanol–water partition coefficient (Wildman–Crippen LogP) is 1.82. The van der Waals surface area contributed by atoms with E-state index in [0.29, 0.717) is 0 Å². The van der Waals surface area contributed by atoms with Crippen molar-refractivity contribution in [3.63, 3.8) is 0 Å².